The predicted molar refractivity (Wildman–Crippen MR) is 64.3 cm³/mol. The maximum Gasteiger partial charge on any atom is 0.238 e. The Kier molecular flexibility index (Phi) is 3.50. The molecule has 2 heterocycles. The topological polar surface area (TPSA) is 35.6 Å². The summed E-state index contributed by atoms with van der Waals surface area (Å²) in [4.78, 5) is 16.0. The van der Waals surface area contributed by atoms with Gasteiger partial charge in [0.25, 0.3) is 0 Å². The van der Waals surface area contributed by atoms with Gasteiger partial charge < -0.3 is 10.2 Å². The lowest BCUT2D eigenvalue weighted by atomic mass is 10.1. The molecule has 0 aromatic rings. The molecule has 0 bridgehead atoms. The average molecular weight is 225 g/mol. The highest BCUT2D eigenvalue weighted by Crippen LogP contribution is 2.28. The van der Waals surface area contributed by atoms with Crippen LogP contribution in [0.5, 0.6) is 0 Å². The molecule has 0 aromatic carbocycles. The maximum atomic E-state index is 11.8. The second-order valence-corrected chi connectivity index (χ2v) is 5.26. The minimum Gasteiger partial charge on any atom is -0.347 e. The number of hydrogen-bond acceptors (Lipinski definition) is 3. The molecule has 1 amide bonds. The molecule has 4 nitrogen and oxygen atoms in total. The van der Waals surface area contributed by atoms with Gasteiger partial charge in [0.05, 0.1) is 6.04 Å². The second kappa shape index (κ2) is 4.72. The molecule has 1 N–H and O–H groups in total. The molecule has 16 heavy (non-hydrogen) atoms. The highest BCUT2D eigenvalue weighted by Gasteiger charge is 2.38. The SMILES string of the molecule is CC(NC1CCN2CCCC12)C(=O)N(C)C. The van der Waals surface area contributed by atoms with E-state index in [1.165, 1.54) is 32.4 Å². The predicted octanol–water partition coefficient (Wildman–Crippen LogP) is 0.289. The first-order valence-corrected chi connectivity index (χ1v) is 6.31. The lowest BCUT2D eigenvalue weighted by Gasteiger charge is -2.26. The summed E-state index contributed by atoms with van der Waals surface area (Å²) in [6, 6.07) is 1.14. The number of nitrogens with zero attached hydrogens (tertiary/aromatic N) is 2. The molecule has 0 spiro atoms. The van der Waals surface area contributed by atoms with Crippen molar-refractivity contribution >= 4 is 5.91 Å². The summed E-state index contributed by atoms with van der Waals surface area (Å²) in [5.41, 5.74) is 0. The lowest BCUT2D eigenvalue weighted by Crippen LogP contribution is -2.49. The Hall–Kier alpha value is -0.610. The number of rotatable bonds is 3. The Morgan fingerprint density at radius 1 is 1.38 bits per heavy atom. The van der Waals surface area contributed by atoms with Crippen molar-refractivity contribution in [2.45, 2.75) is 44.3 Å². The first kappa shape index (κ1) is 11.9. The van der Waals surface area contributed by atoms with Crippen LogP contribution in [0.2, 0.25) is 0 Å². The van der Waals surface area contributed by atoms with E-state index in [2.05, 4.69) is 10.2 Å². The van der Waals surface area contributed by atoms with Crippen LogP contribution in [0.3, 0.4) is 0 Å². The first-order chi connectivity index (χ1) is 7.59. The molecule has 0 aliphatic carbocycles. The minimum atomic E-state index is -0.0550. The van der Waals surface area contributed by atoms with Gasteiger partial charge in [0.2, 0.25) is 5.91 Å². The number of carbonyl (C=O) groups is 1. The number of carbonyl (C=O) groups excluding carboxylic acids is 1. The second-order valence-electron chi connectivity index (χ2n) is 5.26. The molecule has 0 saturated carbocycles. The zero-order chi connectivity index (χ0) is 11.7. The van der Waals surface area contributed by atoms with Gasteiger partial charge in [-0.2, -0.15) is 0 Å². The van der Waals surface area contributed by atoms with E-state index >= 15 is 0 Å². The molecule has 3 atom stereocenters. The Morgan fingerprint density at radius 2 is 2.12 bits per heavy atom. The summed E-state index contributed by atoms with van der Waals surface area (Å²) >= 11 is 0. The van der Waals surface area contributed by atoms with E-state index in [0.717, 1.165) is 0 Å². The smallest absolute Gasteiger partial charge is 0.238 e. The third-order valence-electron chi connectivity index (χ3n) is 3.88. The van der Waals surface area contributed by atoms with Crippen molar-refractivity contribution in [3.05, 3.63) is 0 Å². The third-order valence-corrected chi connectivity index (χ3v) is 3.88. The summed E-state index contributed by atoms with van der Waals surface area (Å²) < 4.78 is 0. The third kappa shape index (κ3) is 2.23. The van der Waals surface area contributed by atoms with Gasteiger partial charge in [-0.05, 0) is 32.7 Å². The average Bonchev–Trinajstić information content (AvgIpc) is 2.81. The van der Waals surface area contributed by atoms with E-state index in [-0.39, 0.29) is 11.9 Å². The molecule has 0 aromatic heterocycles. The zero-order valence-corrected chi connectivity index (χ0v) is 10.6. The van der Waals surface area contributed by atoms with Crippen molar-refractivity contribution in [3.8, 4) is 0 Å². The van der Waals surface area contributed by atoms with Crippen molar-refractivity contribution in [2.24, 2.45) is 0 Å². The van der Waals surface area contributed by atoms with Crippen molar-refractivity contribution in [1.82, 2.24) is 15.1 Å². The van der Waals surface area contributed by atoms with Gasteiger partial charge >= 0.3 is 0 Å². The van der Waals surface area contributed by atoms with Crippen LogP contribution < -0.4 is 5.32 Å². The van der Waals surface area contributed by atoms with E-state index in [9.17, 15) is 4.79 Å². The van der Waals surface area contributed by atoms with Crippen LogP contribution in [0.1, 0.15) is 26.2 Å². The molecular formula is C12H23N3O. The van der Waals surface area contributed by atoms with Gasteiger partial charge in [-0.25, -0.2) is 0 Å². The van der Waals surface area contributed by atoms with Crippen LogP contribution in [-0.2, 0) is 4.79 Å². The molecule has 2 fully saturated rings. The molecule has 92 valence electrons. The van der Waals surface area contributed by atoms with Gasteiger partial charge in [0, 0.05) is 32.7 Å². The molecule has 2 saturated heterocycles. The Bertz CT molecular complexity index is 267. The minimum absolute atomic E-state index is 0.0550. The summed E-state index contributed by atoms with van der Waals surface area (Å²) in [7, 11) is 3.63. The Morgan fingerprint density at radius 3 is 2.81 bits per heavy atom. The maximum absolute atomic E-state index is 11.8. The number of likely N-dealkylation sites (N-methyl/N-ethyl adjacent to an activating group) is 1. The van der Waals surface area contributed by atoms with Crippen molar-refractivity contribution in [3.63, 3.8) is 0 Å². The van der Waals surface area contributed by atoms with E-state index in [1.807, 2.05) is 21.0 Å². The van der Waals surface area contributed by atoms with Crippen LogP contribution in [0.25, 0.3) is 0 Å². The van der Waals surface area contributed by atoms with Crippen LogP contribution >= 0.6 is 0 Å². The largest absolute Gasteiger partial charge is 0.347 e. The van der Waals surface area contributed by atoms with Gasteiger partial charge in [0.15, 0.2) is 0 Å². The highest BCUT2D eigenvalue weighted by atomic mass is 16.2. The van der Waals surface area contributed by atoms with Crippen molar-refractivity contribution < 1.29 is 4.79 Å². The van der Waals surface area contributed by atoms with E-state index in [1.54, 1.807) is 4.90 Å². The van der Waals surface area contributed by atoms with Gasteiger partial charge in [-0.1, -0.05) is 0 Å². The Balaban J connectivity index is 1.88. The van der Waals surface area contributed by atoms with Crippen LogP contribution in [-0.4, -0.2) is 61.0 Å². The normalized spacial score (nSPS) is 31.4. The number of hydrogen-bond donors (Lipinski definition) is 1. The fraction of sp³-hybridized carbons (Fsp3) is 0.917. The highest BCUT2D eigenvalue weighted by molar-refractivity contribution is 5.80. The van der Waals surface area contributed by atoms with Crippen molar-refractivity contribution in [1.29, 1.82) is 0 Å². The summed E-state index contributed by atoms with van der Waals surface area (Å²) in [5, 5.41) is 3.50. The molecule has 4 heteroatoms. The van der Waals surface area contributed by atoms with Crippen LogP contribution in [0.15, 0.2) is 0 Å². The summed E-state index contributed by atoms with van der Waals surface area (Å²) in [5.74, 6) is 0.177. The summed E-state index contributed by atoms with van der Waals surface area (Å²) in [6.07, 6.45) is 3.80. The van der Waals surface area contributed by atoms with E-state index < -0.39 is 0 Å². The summed E-state index contributed by atoms with van der Waals surface area (Å²) in [6.45, 7) is 4.42. The van der Waals surface area contributed by atoms with Gasteiger partial charge in [0.1, 0.15) is 0 Å². The number of amides is 1. The van der Waals surface area contributed by atoms with Gasteiger partial charge in [-0.15, -0.1) is 0 Å². The molecule has 2 aliphatic heterocycles. The first-order valence-electron chi connectivity index (χ1n) is 6.31. The van der Waals surface area contributed by atoms with Crippen LogP contribution in [0, 0.1) is 0 Å². The van der Waals surface area contributed by atoms with E-state index in [4.69, 9.17) is 0 Å². The van der Waals surface area contributed by atoms with E-state index in [0.29, 0.717) is 12.1 Å². The number of nitrogens with one attached hydrogen (secondary N) is 1. The van der Waals surface area contributed by atoms with Crippen molar-refractivity contribution in [2.75, 3.05) is 27.2 Å². The molecule has 0 radical (unpaired) electrons. The quantitative estimate of drug-likeness (QED) is 0.750. The fourth-order valence-electron chi connectivity index (χ4n) is 3.06. The van der Waals surface area contributed by atoms with Crippen LogP contribution in [0.4, 0.5) is 0 Å². The molecule has 2 aliphatic rings. The lowest BCUT2D eigenvalue weighted by molar-refractivity contribution is -0.130. The van der Waals surface area contributed by atoms with Gasteiger partial charge in [-0.3, -0.25) is 9.69 Å². The molecular weight excluding hydrogens is 202 g/mol. The zero-order valence-electron chi connectivity index (χ0n) is 10.6. The molecule has 3 unspecified atom stereocenters. The fourth-order valence-corrected chi connectivity index (χ4v) is 3.06. The monoisotopic (exact) mass is 225 g/mol. The number of fused-ring (bicyclic) bond motifs is 1. The Labute approximate surface area is 98.0 Å². The standard InChI is InChI=1S/C12H23N3O/c1-9(12(16)14(2)3)13-10-6-8-15-7-4-5-11(10)15/h9-11,13H,4-8H2,1-3H3. The molecule has 2 rings (SSSR count).